The highest BCUT2D eigenvalue weighted by molar-refractivity contribution is 6.30. The van der Waals surface area contributed by atoms with Gasteiger partial charge >= 0.3 is 5.56 Å². The zero-order valence-electron chi connectivity index (χ0n) is 17.5. The summed E-state index contributed by atoms with van der Waals surface area (Å²) in [7, 11) is 0. The Hall–Kier alpha value is -3.85. The van der Waals surface area contributed by atoms with Crippen molar-refractivity contribution in [1.82, 2.24) is 24.5 Å². The van der Waals surface area contributed by atoms with E-state index < -0.39 is 0 Å². The third-order valence-electron chi connectivity index (χ3n) is 5.38. The Bertz CT molecular complexity index is 1380. The van der Waals surface area contributed by atoms with Gasteiger partial charge in [-0.3, -0.25) is 18.6 Å². The van der Waals surface area contributed by atoms with Crippen LogP contribution in [0.5, 0.6) is 11.5 Å². The molecule has 1 aliphatic rings. The molecule has 1 amide bonds. The number of benzene rings is 2. The molecule has 1 aliphatic heterocycles. The highest BCUT2D eigenvalue weighted by Gasteiger charge is 2.14. The van der Waals surface area contributed by atoms with Crippen molar-refractivity contribution in [3.8, 4) is 17.2 Å². The molecule has 2 aromatic heterocycles. The highest BCUT2D eigenvalue weighted by atomic mass is 35.5. The van der Waals surface area contributed by atoms with E-state index in [-0.39, 0.29) is 23.9 Å². The van der Waals surface area contributed by atoms with Crippen LogP contribution in [0.3, 0.4) is 0 Å². The van der Waals surface area contributed by atoms with Crippen LogP contribution in [-0.4, -0.2) is 31.9 Å². The highest BCUT2D eigenvalue weighted by Crippen LogP contribution is 2.32. The van der Waals surface area contributed by atoms with E-state index in [4.69, 9.17) is 21.1 Å². The number of halogens is 1. The van der Waals surface area contributed by atoms with Crippen LogP contribution < -0.4 is 20.3 Å². The van der Waals surface area contributed by atoms with Crippen molar-refractivity contribution >= 4 is 23.2 Å². The molecule has 0 aliphatic carbocycles. The van der Waals surface area contributed by atoms with Crippen molar-refractivity contribution in [2.45, 2.75) is 25.8 Å². The number of hydrogen-bond donors (Lipinski definition) is 1. The van der Waals surface area contributed by atoms with Crippen LogP contribution in [-0.2, 0) is 17.8 Å². The van der Waals surface area contributed by atoms with Gasteiger partial charge in [-0.15, -0.1) is 10.2 Å². The molecule has 5 rings (SSSR count). The maximum atomic E-state index is 12.8. The molecule has 0 radical (unpaired) electrons. The number of carbonyl (C=O) groups excluding carboxylic acids is 1. The zero-order chi connectivity index (χ0) is 22.8. The zero-order valence-corrected chi connectivity index (χ0v) is 18.3. The summed E-state index contributed by atoms with van der Waals surface area (Å²) in [6.07, 6.45) is 4.85. The molecule has 0 atom stereocenters. The van der Waals surface area contributed by atoms with Gasteiger partial charge in [-0.25, -0.2) is 0 Å². The van der Waals surface area contributed by atoms with Gasteiger partial charge in [0.15, 0.2) is 11.5 Å². The molecule has 4 aromatic rings. The van der Waals surface area contributed by atoms with Gasteiger partial charge in [0.1, 0.15) is 5.82 Å². The summed E-state index contributed by atoms with van der Waals surface area (Å²) in [6, 6.07) is 12.6. The summed E-state index contributed by atoms with van der Waals surface area (Å²) in [5.41, 5.74) is 1.58. The normalized spacial score (nSPS) is 12.3. The molecule has 10 heteroatoms. The van der Waals surface area contributed by atoms with Crippen LogP contribution in [0.2, 0.25) is 5.02 Å². The quantitative estimate of drug-likeness (QED) is 0.450. The van der Waals surface area contributed by atoms with E-state index in [2.05, 4.69) is 15.5 Å². The summed E-state index contributed by atoms with van der Waals surface area (Å²) in [5.74, 6) is 1.97. The van der Waals surface area contributed by atoms with Gasteiger partial charge < -0.3 is 14.8 Å². The number of aromatic nitrogens is 4. The second-order valence-corrected chi connectivity index (χ2v) is 8.01. The van der Waals surface area contributed by atoms with Gasteiger partial charge in [-0.2, -0.15) is 0 Å². The minimum Gasteiger partial charge on any atom is -0.454 e. The van der Waals surface area contributed by atoms with Crippen molar-refractivity contribution in [1.29, 1.82) is 0 Å². The first-order valence-corrected chi connectivity index (χ1v) is 10.8. The van der Waals surface area contributed by atoms with Crippen molar-refractivity contribution in [2.24, 2.45) is 0 Å². The Balaban J connectivity index is 1.18. The average molecular weight is 466 g/mol. The fourth-order valence-electron chi connectivity index (χ4n) is 3.66. The molecule has 3 heterocycles. The van der Waals surface area contributed by atoms with Crippen LogP contribution in [0, 0.1) is 0 Å². The lowest BCUT2D eigenvalue weighted by Gasteiger charge is -2.07. The third kappa shape index (κ3) is 4.40. The summed E-state index contributed by atoms with van der Waals surface area (Å²) in [5, 5.41) is 11.7. The molecule has 0 saturated heterocycles. The van der Waals surface area contributed by atoms with Gasteiger partial charge in [0.25, 0.3) is 0 Å². The monoisotopic (exact) mass is 465 g/mol. The topological polar surface area (TPSA) is 99.8 Å². The Morgan fingerprint density at radius 1 is 1.06 bits per heavy atom. The Morgan fingerprint density at radius 3 is 2.73 bits per heavy atom. The van der Waals surface area contributed by atoms with E-state index in [0.29, 0.717) is 53.8 Å². The van der Waals surface area contributed by atoms with E-state index in [9.17, 15) is 9.59 Å². The van der Waals surface area contributed by atoms with Crippen LogP contribution in [0.15, 0.2) is 59.7 Å². The number of rotatable bonds is 7. The van der Waals surface area contributed by atoms with Gasteiger partial charge in [0.05, 0.1) is 0 Å². The molecule has 1 N–H and O–H groups in total. The minimum atomic E-state index is -0.278. The number of ether oxygens (including phenoxy) is 2. The average Bonchev–Trinajstić information content (AvgIpc) is 3.46. The second-order valence-electron chi connectivity index (χ2n) is 7.58. The fraction of sp³-hybridized carbons (Fsp3) is 0.217. The minimum absolute atomic E-state index is 0.0634. The molecule has 0 bridgehead atoms. The van der Waals surface area contributed by atoms with Crippen molar-refractivity contribution in [2.75, 3.05) is 6.79 Å². The lowest BCUT2D eigenvalue weighted by Crippen LogP contribution is -2.22. The molecule has 0 spiro atoms. The van der Waals surface area contributed by atoms with Gasteiger partial charge in [-0.1, -0.05) is 17.7 Å². The number of hydrogen-bond acceptors (Lipinski definition) is 6. The summed E-state index contributed by atoms with van der Waals surface area (Å²) >= 11 is 5.93. The molecule has 33 heavy (non-hydrogen) atoms. The third-order valence-corrected chi connectivity index (χ3v) is 5.63. The molecule has 2 aromatic carbocycles. The first-order chi connectivity index (χ1) is 16.1. The van der Waals surface area contributed by atoms with E-state index in [1.54, 1.807) is 41.1 Å². The molecule has 0 unspecified atom stereocenters. The number of aryl methyl sites for hydroxylation is 1. The summed E-state index contributed by atoms with van der Waals surface area (Å²) in [6.45, 7) is 0.630. The van der Waals surface area contributed by atoms with Crippen LogP contribution in [0.4, 0.5) is 0 Å². The lowest BCUT2D eigenvalue weighted by atomic mass is 10.2. The lowest BCUT2D eigenvalue weighted by molar-refractivity contribution is -0.121. The Labute approximate surface area is 193 Å². The second kappa shape index (κ2) is 8.95. The van der Waals surface area contributed by atoms with Gasteiger partial charge in [0, 0.05) is 42.5 Å². The van der Waals surface area contributed by atoms with Crippen molar-refractivity contribution < 1.29 is 14.3 Å². The van der Waals surface area contributed by atoms with E-state index in [0.717, 1.165) is 5.56 Å². The first kappa shape index (κ1) is 21.0. The van der Waals surface area contributed by atoms with Crippen molar-refractivity contribution in [3.63, 3.8) is 0 Å². The number of nitrogens with one attached hydrogen (secondary N) is 1. The van der Waals surface area contributed by atoms with E-state index in [1.165, 1.54) is 4.57 Å². The smallest absolute Gasteiger partial charge is 0.300 e. The van der Waals surface area contributed by atoms with Crippen LogP contribution in [0.25, 0.3) is 11.3 Å². The standard InChI is InChI=1S/C23H20ClN5O4/c24-16-5-7-17(8-6-16)28-10-11-29-20(26-27-22(29)23(28)31)2-1-3-21(30)25-13-15-4-9-18-19(12-15)33-14-32-18/h4-12H,1-3,13-14H2,(H,25,30). The van der Waals surface area contributed by atoms with Gasteiger partial charge in [0.2, 0.25) is 18.3 Å². The SMILES string of the molecule is O=C(CCCc1nnc2c(=O)n(-c3ccc(Cl)cc3)ccn12)NCc1ccc2c(c1)OCO2. The number of nitrogens with zero attached hydrogens (tertiary/aromatic N) is 4. The number of fused-ring (bicyclic) bond motifs is 2. The summed E-state index contributed by atoms with van der Waals surface area (Å²) in [4.78, 5) is 25.1. The molecular formula is C23H20ClN5O4. The van der Waals surface area contributed by atoms with Crippen molar-refractivity contribution in [3.05, 3.63) is 81.6 Å². The molecule has 0 saturated carbocycles. The van der Waals surface area contributed by atoms with E-state index >= 15 is 0 Å². The fourth-order valence-corrected chi connectivity index (χ4v) is 3.78. The molecule has 168 valence electrons. The van der Waals surface area contributed by atoms with E-state index in [1.807, 2.05) is 18.2 Å². The Morgan fingerprint density at radius 2 is 1.88 bits per heavy atom. The van der Waals surface area contributed by atoms with Gasteiger partial charge in [-0.05, 0) is 48.4 Å². The molecule has 9 nitrogen and oxygen atoms in total. The predicted molar refractivity (Wildman–Crippen MR) is 121 cm³/mol. The molecular weight excluding hydrogens is 446 g/mol. The van der Waals surface area contributed by atoms with Crippen LogP contribution in [0.1, 0.15) is 24.2 Å². The first-order valence-electron chi connectivity index (χ1n) is 10.4. The number of carbonyl (C=O) groups is 1. The largest absolute Gasteiger partial charge is 0.454 e. The number of amides is 1. The maximum absolute atomic E-state index is 12.8. The predicted octanol–water partition coefficient (Wildman–Crippen LogP) is 2.90. The maximum Gasteiger partial charge on any atom is 0.300 e. The summed E-state index contributed by atoms with van der Waals surface area (Å²) < 4.78 is 13.8. The van der Waals surface area contributed by atoms with Crippen LogP contribution >= 0.6 is 11.6 Å². The molecule has 0 fully saturated rings. The Kier molecular flexibility index (Phi) is 5.70.